The molecular formula is C30H36N4O7S. The number of methoxy groups -OCH3 is 1. The number of anilines is 1. The van der Waals surface area contributed by atoms with Crippen molar-refractivity contribution in [2.45, 2.75) is 51.6 Å². The first kappa shape index (κ1) is 32.1. The van der Waals surface area contributed by atoms with E-state index in [0.717, 1.165) is 21.5 Å². The molecule has 0 radical (unpaired) electrons. The Labute approximate surface area is 246 Å². The second-order valence-corrected chi connectivity index (χ2v) is 11.5. The standard InChI is InChI=1S/C30H36N4O7S/c1-6-27(30(36)31-7-2)32(19-23-11-9-8-10-21(23)3)29(35)20-33(24-13-15-25(41-5)16-14-24)42(39,40)26-17-12-22(4)28(18-26)34(37)38/h8-18,27H,6-7,19-20H2,1-5H3,(H,31,36). The summed E-state index contributed by atoms with van der Waals surface area (Å²) < 4.78 is 34.2. The number of rotatable bonds is 13. The van der Waals surface area contributed by atoms with Crippen molar-refractivity contribution in [1.82, 2.24) is 10.2 Å². The lowest BCUT2D eigenvalue weighted by molar-refractivity contribution is -0.385. The molecule has 42 heavy (non-hydrogen) atoms. The van der Waals surface area contributed by atoms with Crippen LogP contribution in [0.5, 0.6) is 5.75 Å². The summed E-state index contributed by atoms with van der Waals surface area (Å²) in [5.41, 5.74) is 1.80. The molecule has 3 rings (SSSR count). The Morgan fingerprint density at radius 3 is 2.24 bits per heavy atom. The topological polar surface area (TPSA) is 139 Å². The molecule has 0 saturated heterocycles. The molecule has 0 aliphatic heterocycles. The molecule has 0 aromatic heterocycles. The van der Waals surface area contributed by atoms with Crippen LogP contribution in [0.25, 0.3) is 0 Å². The van der Waals surface area contributed by atoms with E-state index in [-0.39, 0.29) is 28.7 Å². The molecular weight excluding hydrogens is 560 g/mol. The second-order valence-electron chi connectivity index (χ2n) is 9.68. The summed E-state index contributed by atoms with van der Waals surface area (Å²) in [6.45, 7) is 6.74. The molecule has 0 aliphatic carbocycles. The maximum atomic E-state index is 14.1. The minimum atomic E-state index is -4.48. The van der Waals surface area contributed by atoms with Crippen LogP contribution in [-0.2, 0) is 26.2 Å². The highest BCUT2D eigenvalue weighted by atomic mass is 32.2. The third-order valence-corrected chi connectivity index (χ3v) is 8.71. The first-order valence-electron chi connectivity index (χ1n) is 13.5. The molecule has 0 heterocycles. The SMILES string of the molecule is CCNC(=O)C(CC)N(Cc1ccccc1C)C(=O)CN(c1ccc(OC)cc1)S(=O)(=O)c1ccc(C)c([N+](=O)[O-])c1. The van der Waals surface area contributed by atoms with Crippen molar-refractivity contribution in [3.63, 3.8) is 0 Å². The Hall–Kier alpha value is -4.45. The summed E-state index contributed by atoms with van der Waals surface area (Å²) in [4.78, 5) is 39.1. The summed E-state index contributed by atoms with van der Waals surface area (Å²) in [6, 6.07) is 16.3. The predicted molar refractivity (Wildman–Crippen MR) is 160 cm³/mol. The normalized spacial score (nSPS) is 11.8. The van der Waals surface area contributed by atoms with Gasteiger partial charge < -0.3 is 15.0 Å². The summed E-state index contributed by atoms with van der Waals surface area (Å²) in [5.74, 6) is -0.496. The highest BCUT2D eigenvalue weighted by Gasteiger charge is 2.34. The molecule has 12 heteroatoms. The van der Waals surface area contributed by atoms with Gasteiger partial charge in [0.1, 0.15) is 18.3 Å². The number of carbonyl (C=O) groups excluding carboxylic acids is 2. The van der Waals surface area contributed by atoms with E-state index in [4.69, 9.17) is 4.74 Å². The Bertz CT molecular complexity index is 1540. The van der Waals surface area contributed by atoms with Crippen LogP contribution in [0.1, 0.15) is 37.0 Å². The maximum Gasteiger partial charge on any atom is 0.273 e. The van der Waals surface area contributed by atoms with Crippen molar-refractivity contribution in [3.05, 3.63) is 93.5 Å². The van der Waals surface area contributed by atoms with E-state index < -0.39 is 33.4 Å². The molecule has 3 aromatic rings. The molecule has 1 unspecified atom stereocenters. The average molecular weight is 597 g/mol. The number of nitro groups is 1. The molecule has 11 nitrogen and oxygen atoms in total. The maximum absolute atomic E-state index is 14.1. The van der Waals surface area contributed by atoms with Gasteiger partial charge in [0.15, 0.2) is 0 Å². The summed E-state index contributed by atoms with van der Waals surface area (Å²) in [7, 11) is -3.01. The monoisotopic (exact) mass is 596 g/mol. The molecule has 3 aromatic carbocycles. The van der Waals surface area contributed by atoms with Crippen LogP contribution in [0.15, 0.2) is 71.6 Å². The number of carbonyl (C=O) groups is 2. The van der Waals surface area contributed by atoms with Crippen molar-refractivity contribution in [2.24, 2.45) is 0 Å². The molecule has 1 N–H and O–H groups in total. The number of aryl methyl sites for hydroxylation is 2. The summed E-state index contributed by atoms with van der Waals surface area (Å²) >= 11 is 0. The van der Waals surface area contributed by atoms with Crippen molar-refractivity contribution in [3.8, 4) is 5.75 Å². The smallest absolute Gasteiger partial charge is 0.273 e. The minimum absolute atomic E-state index is 0.0770. The van der Waals surface area contributed by atoms with Crippen LogP contribution in [-0.4, -0.2) is 56.3 Å². The predicted octanol–water partition coefficient (Wildman–Crippen LogP) is 4.36. The van der Waals surface area contributed by atoms with Crippen LogP contribution in [0.3, 0.4) is 0 Å². The number of nitrogens with one attached hydrogen (secondary N) is 1. The summed E-state index contributed by atoms with van der Waals surface area (Å²) in [5, 5.41) is 14.4. The quantitative estimate of drug-likeness (QED) is 0.228. The third-order valence-electron chi connectivity index (χ3n) is 6.94. The van der Waals surface area contributed by atoms with Crippen molar-refractivity contribution < 1.29 is 27.7 Å². The molecule has 2 amide bonds. The molecule has 1 atom stereocenters. The number of nitrogens with zero attached hydrogens (tertiary/aromatic N) is 3. The van der Waals surface area contributed by atoms with Crippen molar-refractivity contribution >= 4 is 33.2 Å². The van der Waals surface area contributed by atoms with Gasteiger partial charge in [-0.05, 0) is 68.7 Å². The van der Waals surface area contributed by atoms with Crippen LogP contribution >= 0.6 is 0 Å². The number of nitro benzene ring substituents is 1. The van der Waals surface area contributed by atoms with Crippen LogP contribution < -0.4 is 14.4 Å². The molecule has 224 valence electrons. The largest absolute Gasteiger partial charge is 0.497 e. The zero-order valence-corrected chi connectivity index (χ0v) is 25.2. The molecule has 0 spiro atoms. The van der Waals surface area contributed by atoms with Gasteiger partial charge >= 0.3 is 0 Å². The van der Waals surface area contributed by atoms with E-state index in [1.54, 1.807) is 26.0 Å². The number of hydrogen-bond acceptors (Lipinski definition) is 7. The Morgan fingerprint density at radius 1 is 1.00 bits per heavy atom. The second kappa shape index (κ2) is 13.9. The van der Waals surface area contributed by atoms with Crippen LogP contribution in [0, 0.1) is 24.0 Å². The van der Waals surface area contributed by atoms with Gasteiger partial charge in [-0.15, -0.1) is 0 Å². The fraction of sp³-hybridized carbons (Fsp3) is 0.333. The van der Waals surface area contributed by atoms with Crippen molar-refractivity contribution in [2.75, 3.05) is 24.5 Å². The molecule has 0 bridgehead atoms. The van der Waals surface area contributed by atoms with Gasteiger partial charge in [-0.3, -0.25) is 24.0 Å². The van der Waals surface area contributed by atoms with Gasteiger partial charge in [-0.2, -0.15) is 0 Å². The number of amides is 2. The van der Waals surface area contributed by atoms with E-state index in [0.29, 0.717) is 24.3 Å². The third kappa shape index (κ3) is 7.24. The lowest BCUT2D eigenvalue weighted by atomic mass is 10.1. The van der Waals surface area contributed by atoms with Gasteiger partial charge in [0.2, 0.25) is 11.8 Å². The number of likely N-dealkylation sites (N-methyl/N-ethyl adjacent to an activating group) is 1. The first-order valence-corrected chi connectivity index (χ1v) is 14.9. The number of hydrogen-bond donors (Lipinski definition) is 1. The Balaban J connectivity index is 2.13. The Kier molecular flexibility index (Phi) is 10.6. The highest BCUT2D eigenvalue weighted by molar-refractivity contribution is 7.92. The Morgan fingerprint density at radius 2 is 1.67 bits per heavy atom. The van der Waals surface area contributed by atoms with Crippen LogP contribution in [0.4, 0.5) is 11.4 Å². The van der Waals surface area contributed by atoms with Crippen LogP contribution in [0.2, 0.25) is 0 Å². The van der Waals surface area contributed by atoms with Gasteiger partial charge in [0.05, 0.1) is 22.6 Å². The average Bonchev–Trinajstić information content (AvgIpc) is 2.96. The molecule has 0 fully saturated rings. The van der Waals surface area contributed by atoms with E-state index in [1.165, 1.54) is 43.2 Å². The van der Waals surface area contributed by atoms with Gasteiger partial charge in [-0.25, -0.2) is 8.42 Å². The lowest BCUT2D eigenvalue weighted by Gasteiger charge is -2.33. The van der Waals surface area contributed by atoms with Gasteiger partial charge in [0.25, 0.3) is 15.7 Å². The number of benzene rings is 3. The lowest BCUT2D eigenvalue weighted by Crippen LogP contribution is -2.52. The fourth-order valence-corrected chi connectivity index (χ4v) is 5.97. The van der Waals surface area contributed by atoms with Gasteiger partial charge in [-0.1, -0.05) is 37.3 Å². The van der Waals surface area contributed by atoms with E-state index >= 15 is 0 Å². The number of sulfonamides is 1. The zero-order chi connectivity index (χ0) is 31.0. The number of ether oxygens (including phenoxy) is 1. The zero-order valence-electron chi connectivity index (χ0n) is 24.4. The first-order chi connectivity index (χ1) is 19.9. The fourth-order valence-electron chi connectivity index (χ4n) is 4.53. The highest BCUT2D eigenvalue weighted by Crippen LogP contribution is 2.29. The van der Waals surface area contributed by atoms with E-state index in [9.17, 15) is 28.1 Å². The van der Waals surface area contributed by atoms with E-state index in [2.05, 4.69) is 5.32 Å². The van der Waals surface area contributed by atoms with E-state index in [1.807, 2.05) is 31.2 Å². The molecule has 0 aliphatic rings. The molecule has 0 saturated carbocycles. The van der Waals surface area contributed by atoms with Crippen molar-refractivity contribution in [1.29, 1.82) is 0 Å². The summed E-state index contributed by atoms with van der Waals surface area (Å²) in [6.07, 6.45) is 0.295. The minimum Gasteiger partial charge on any atom is -0.497 e. The van der Waals surface area contributed by atoms with Gasteiger partial charge in [0, 0.05) is 24.7 Å².